The first-order chi connectivity index (χ1) is 16.6. The molecule has 0 atom stereocenters. The number of aliphatic imine (C=N–C) groups is 1. The van der Waals surface area contributed by atoms with Crippen molar-refractivity contribution in [1.29, 1.82) is 0 Å². The molecule has 4 nitrogen and oxygen atoms in total. The zero-order chi connectivity index (χ0) is 23.8. The monoisotopic (exact) mass is 563 g/mol. The van der Waals surface area contributed by atoms with Crippen molar-refractivity contribution in [1.82, 2.24) is 0 Å². The third-order valence-electron chi connectivity index (χ3n) is 5.01. The van der Waals surface area contributed by atoms with Gasteiger partial charge in [0.2, 0.25) is 0 Å². The largest absolute Gasteiger partial charge is 0.490 e. The Kier molecular flexibility index (Phi) is 8.20. The van der Waals surface area contributed by atoms with Crippen LogP contribution in [0.2, 0.25) is 0 Å². The molecule has 0 unspecified atom stereocenters. The minimum atomic E-state index is 0.487. The van der Waals surface area contributed by atoms with Crippen molar-refractivity contribution in [3.05, 3.63) is 111 Å². The Hall–Kier alpha value is -3.32. The second kappa shape index (κ2) is 11.7. The van der Waals surface area contributed by atoms with Gasteiger partial charge in [-0.25, -0.2) is 0 Å². The molecule has 4 aromatic carbocycles. The van der Waals surface area contributed by atoms with E-state index in [9.17, 15) is 0 Å². The van der Waals surface area contributed by atoms with Crippen LogP contribution >= 0.6 is 22.6 Å². The molecule has 0 radical (unpaired) electrons. The van der Waals surface area contributed by atoms with E-state index in [1.165, 1.54) is 5.56 Å². The van der Waals surface area contributed by atoms with Crippen LogP contribution < -0.4 is 14.2 Å². The van der Waals surface area contributed by atoms with Crippen molar-refractivity contribution in [3.63, 3.8) is 0 Å². The highest BCUT2D eigenvalue weighted by atomic mass is 127. The number of hydrogen-bond donors (Lipinski definition) is 0. The maximum Gasteiger partial charge on any atom is 0.175 e. The van der Waals surface area contributed by atoms with Gasteiger partial charge in [-0.15, -0.1) is 0 Å². The van der Waals surface area contributed by atoms with Crippen LogP contribution in [0, 0.1) is 10.5 Å². The van der Waals surface area contributed by atoms with E-state index in [1.807, 2.05) is 79.9 Å². The van der Waals surface area contributed by atoms with Gasteiger partial charge in [0.25, 0.3) is 0 Å². The highest BCUT2D eigenvalue weighted by Gasteiger charge is 2.12. The SMILES string of the molecule is CCOc1cc(C=Nc2ccc(Oc3ccccc3)cc2)cc(I)c1OCc1ccc(C)cc1. The highest BCUT2D eigenvalue weighted by Crippen LogP contribution is 2.35. The van der Waals surface area contributed by atoms with Crippen LogP contribution in [0.4, 0.5) is 5.69 Å². The minimum Gasteiger partial charge on any atom is -0.490 e. The van der Waals surface area contributed by atoms with Crippen molar-refractivity contribution in [2.75, 3.05) is 6.61 Å². The smallest absolute Gasteiger partial charge is 0.175 e. The molecule has 4 aromatic rings. The molecule has 0 saturated carbocycles. The maximum absolute atomic E-state index is 6.14. The highest BCUT2D eigenvalue weighted by molar-refractivity contribution is 14.1. The van der Waals surface area contributed by atoms with Crippen molar-refractivity contribution < 1.29 is 14.2 Å². The molecule has 0 fully saturated rings. The first-order valence-electron chi connectivity index (χ1n) is 11.1. The van der Waals surface area contributed by atoms with Gasteiger partial charge in [-0.05, 0) is 96.1 Å². The topological polar surface area (TPSA) is 40.0 Å². The average molecular weight is 563 g/mol. The van der Waals surface area contributed by atoms with E-state index in [4.69, 9.17) is 14.2 Å². The van der Waals surface area contributed by atoms with E-state index < -0.39 is 0 Å². The van der Waals surface area contributed by atoms with Crippen LogP contribution in [0.25, 0.3) is 0 Å². The summed E-state index contributed by atoms with van der Waals surface area (Å²) in [4.78, 5) is 4.62. The molecular formula is C29H26INO3. The van der Waals surface area contributed by atoms with Crippen molar-refractivity contribution in [2.45, 2.75) is 20.5 Å². The fourth-order valence-corrected chi connectivity index (χ4v) is 4.06. The molecule has 5 heteroatoms. The molecule has 0 bridgehead atoms. The van der Waals surface area contributed by atoms with Crippen molar-refractivity contribution >= 4 is 34.5 Å². The van der Waals surface area contributed by atoms with Crippen molar-refractivity contribution in [2.24, 2.45) is 4.99 Å². The molecule has 4 rings (SSSR count). The number of hydrogen-bond acceptors (Lipinski definition) is 4. The number of nitrogens with zero attached hydrogens (tertiary/aromatic N) is 1. The molecule has 0 spiro atoms. The van der Waals surface area contributed by atoms with Gasteiger partial charge >= 0.3 is 0 Å². The summed E-state index contributed by atoms with van der Waals surface area (Å²) in [6, 6.07) is 29.8. The van der Waals surface area contributed by atoms with Crippen LogP contribution in [0.1, 0.15) is 23.6 Å². The number of benzene rings is 4. The van der Waals surface area contributed by atoms with Gasteiger partial charge in [-0.2, -0.15) is 0 Å². The summed E-state index contributed by atoms with van der Waals surface area (Å²) in [5, 5.41) is 0. The Bertz CT molecular complexity index is 1240. The van der Waals surface area contributed by atoms with Gasteiger partial charge in [0.15, 0.2) is 11.5 Å². The summed E-state index contributed by atoms with van der Waals surface area (Å²) in [5.74, 6) is 3.05. The lowest BCUT2D eigenvalue weighted by molar-refractivity contribution is 0.267. The third-order valence-corrected chi connectivity index (χ3v) is 5.82. The number of aryl methyl sites for hydroxylation is 1. The molecule has 34 heavy (non-hydrogen) atoms. The van der Waals surface area contributed by atoms with Crippen LogP contribution in [0.3, 0.4) is 0 Å². The van der Waals surface area contributed by atoms with Gasteiger partial charge in [0.05, 0.1) is 15.9 Å². The van der Waals surface area contributed by atoms with Crippen LogP contribution in [0.15, 0.2) is 96.0 Å². The third kappa shape index (κ3) is 6.60. The fourth-order valence-electron chi connectivity index (χ4n) is 3.28. The lowest BCUT2D eigenvalue weighted by Crippen LogP contribution is -2.02. The Morgan fingerprint density at radius 1 is 0.824 bits per heavy atom. The Labute approximate surface area is 214 Å². The molecular weight excluding hydrogens is 537 g/mol. The molecule has 0 N–H and O–H groups in total. The molecule has 0 aliphatic heterocycles. The quantitative estimate of drug-likeness (QED) is 0.153. The zero-order valence-electron chi connectivity index (χ0n) is 19.2. The maximum atomic E-state index is 6.14. The molecule has 0 amide bonds. The number of rotatable bonds is 9. The standard InChI is InChI=1S/C29H26INO3/c1-3-32-28-18-23(17-27(30)29(28)33-20-22-11-9-21(2)10-12-22)19-31-24-13-15-26(16-14-24)34-25-7-5-4-6-8-25/h4-19H,3,20H2,1-2H3. The second-order valence-corrected chi connectivity index (χ2v) is 8.87. The Morgan fingerprint density at radius 2 is 1.53 bits per heavy atom. The number of halogens is 1. The van der Waals surface area contributed by atoms with Gasteiger partial charge in [0.1, 0.15) is 18.1 Å². The number of para-hydroxylation sites is 1. The van der Waals surface area contributed by atoms with Gasteiger partial charge in [0, 0.05) is 6.21 Å². The van der Waals surface area contributed by atoms with E-state index in [0.29, 0.717) is 13.2 Å². The van der Waals surface area contributed by atoms with Crippen LogP contribution in [0.5, 0.6) is 23.0 Å². The minimum absolute atomic E-state index is 0.487. The molecule has 0 heterocycles. The second-order valence-electron chi connectivity index (χ2n) is 7.70. The summed E-state index contributed by atoms with van der Waals surface area (Å²) in [6.45, 7) is 5.09. The summed E-state index contributed by atoms with van der Waals surface area (Å²) in [5.41, 5.74) is 4.14. The zero-order valence-corrected chi connectivity index (χ0v) is 21.4. The predicted molar refractivity (Wildman–Crippen MR) is 146 cm³/mol. The van der Waals surface area contributed by atoms with Crippen LogP contribution in [-0.2, 0) is 6.61 Å². The van der Waals surface area contributed by atoms with E-state index in [2.05, 4.69) is 58.8 Å². The summed E-state index contributed by atoms with van der Waals surface area (Å²) in [7, 11) is 0. The van der Waals surface area contributed by atoms with Gasteiger partial charge in [-0.3, -0.25) is 4.99 Å². The van der Waals surface area contributed by atoms with E-state index in [0.717, 1.165) is 43.4 Å². The lowest BCUT2D eigenvalue weighted by Gasteiger charge is -2.15. The molecule has 0 aromatic heterocycles. The molecule has 172 valence electrons. The summed E-state index contributed by atoms with van der Waals surface area (Å²) >= 11 is 2.29. The lowest BCUT2D eigenvalue weighted by atomic mass is 10.1. The fraction of sp³-hybridized carbons (Fsp3) is 0.138. The molecule has 0 saturated heterocycles. The van der Waals surface area contributed by atoms with E-state index >= 15 is 0 Å². The van der Waals surface area contributed by atoms with Crippen LogP contribution in [-0.4, -0.2) is 12.8 Å². The Morgan fingerprint density at radius 3 is 2.24 bits per heavy atom. The van der Waals surface area contributed by atoms with E-state index in [-0.39, 0.29) is 0 Å². The van der Waals surface area contributed by atoms with E-state index in [1.54, 1.807) is 0 Å². The Balaban J connectivity index is 1.46. The molecule has 0 aliphatic rings. The summed E-state index contributed by atoms with van der Waals surface area (Å²) in [6.07, 6.45) is 1.83. The van der Waals surface area contributed by atoms with Crippen molar-refractivity contribution in [3.8, 4) is 23.0 Å². The van der Waals surface area contributed by atoms with Gasteiger partial charge < -0.3 is 14.2 Å². The number of ether oxygens (including phenoxy) is 3. The first kappa shape index (κ1) is 23.8. The van der Waals surface area contributed by atoms with Gasteiger partial charge in [-0.1, -0.05) is 48.0 Å². The normalized spacial score (nSPS) is 10.9. The average Bonchev–Trinajstić information content (AvgIpc) is 2.85. The molecule has 0 aliphatic carbocycles. The first-order valence-corrected chi connectivity index (χ1v) is 12.2. The predicted octanol–water partition coefficient (Wildman–Crippen LogP) is 8.12. The summed E-state index contributed by atoms with van der Waals surface area (Å²) < 4.78 is 18.8.